The third-order valence-corrected chi connectivity index (χ3v) is 4.78. The largest absolute Gasteiger partial charge is 0.481 e. The zero-order valence-corrected chi connectivity index (χ0v) is 11.4. The van der Waals surface area contributed by atoms with Crippen LogP contribution in [0.5, 0.6) is 0 Å². The summed E-state index contributed by atoms with van der Waals surface area (Å²) >= 11 is 0. The molecule has 2 rings (SSSR count). The zero-order chi connectivity index (χ0) is 13.0. The van der Waals surface area contributed by atoms with E-state index in [0.717, 1.165) is 45.1 Å². The minimum absolute atomic E-state index is 0.0959. The molecule has 0 unspecified atom stereocenters. The molecule has 0 bridgehead atoms. The highest BCUT2D eigenvalue weighted by molar-refractivity contribution is 5.68. The standard InChI is InChI=1S/C14H25NO3/c1-2-12-3-5-14(6-4-12,11-13(16)17)15-7-9-18-10-8-15/h12H,2-11H2,1H3,(H,16,17). The van der Waals surface area contributed by atoms with Crippen LogP contribution in [0.15, 0.2) is 0 Å². The third kappa shape index (κ3) is 3.04. The lowest BCUT2D eigenvalue weighted by Gasteiger charge is -2.48. The van der Waals surface area contributed by atoms with Crippen LogP contribution in [0.1, 0.15) is 45.4 Å². The molecule has 1 saturated carbocycles. The fourth-order valence-electron chi connectivity index (χ4n) is 3.55. The van der Waals surface area contributed by atoms with Gasteiger partial charge in [0.05, 0.1) is 19.6 Å². The molecule has 18 heavy (non-hydrogen) atoms. The van der Waals surface area contributed by atoms with Crippen LogP contribution in [0.4, 0.5) is 0 Å². The van der Waals surface area contributed by atoms with Crippen molar-refractivity contribution >= 4 is 5.97 Å². The van der Waals surface area contributed by atoms with E-state index in [4.69, 9.17) is 4.74 Å². The summed E-state index contributed by atoms with van der Waals surface area (Å²) in [5.41, 5.74) is -0.0959. The number of carboxylic acid groups (broad SMARTS) is 1. The first-order valence-corrected chi connectivity index (χ1v) is 7.21. The summed E-state index contributed by atoms with van der Waals surface area (Å²) in [6.45, 7) is 5.52. The van der Waals surface area contributed by atoms with E-state index >= 15 is 0 Å². The Bertz CT molecular complexity index is 279. The molecule has 0 atom stereocenters. The van der Waals surface area contributed by atoms with E-state index < -0.39 is 5.97 Å². The highest BCUT2D eigenvalue weighted by Gasteiger charge is 2.42. The van der Waals surface area contributed by atoms with E-state index in [1.165, 1.54) is 19.3 Å². The van der Waals surface area contributed by atoms with E-state index in [2.05, 4.69) is 11.8 Å². The molecular weight excluding hydrogens is 230 g/mol. The number of carboxylic acids is 1. The van der Waals surface area contributed by atoms with Gasteiger partial charge in [0.1, 0.15) is 0 Å². The first kappa shape index (κ1) is 13.8. The van der Waals surface area contributed by atoms with Gasteiger partial charge in [-0.3, -0.25) is 9.69 Å². The first-order chi connectivity index (χ1) is 8.66. The van der Waals surface area contributed by atoms with Crippen LogP contribution in [0.2, 0.25) is 0 Å². The molecule has 0 radical (unpaired) electrons. The second-order valence-electron chi connectivity index (χ2n) is 5.75. The van der Waals surface area contributed by atoms with Crippen molar-refractivity contribution < 1.29 is 14.6 Å². The fourth-order valence-corrected chi connectivity index (χ4v) is 3.55. The van der Waals surface area contributed by atoms with Gasteiger partial charge in [0.15, 0.2) is 0 Å². The highest BCUT2D eigenvalue weighted by Crippen LogP contribution is 2.40. The lowest BCUT2D eigenvalue weighted by atomic mass is 9.72. The molecule has 1 aliphatic carbocycles. The van der Waals surface area contributed by atoms with Crippen LogP contribution in [0.25, 0.3) is 0 Å². The lowest BCUT2D eigenvalue weighted by molar-refractivity contribution is -0.143. The Kier molecular flexibility index (Phi) is 4.62. The van der Waals surface area contributed by atoms with Gasteiger partial charge in [-0.1, -0.05) is 13.3 Å². The van der Waals surface area contributed by atoms with Gasteiger partial charge in [-0.15, -0.1) is 0 Å². The fraction of sp³-hybridized carbons (Fsp3) is 0.929. The van der Waals surface area contributed by atoms with Gasteiger partial charge >= 0.3 is 5.97 Å². The summed E-state index contributed by atoms with van der Waals surface area (Å²) in [5, 5.41) is 9.23. The number of ether oxygens (including phenoxy) is 1. The molecule has 0 aromatic carbocycles. The molecule has 2 aliphatic rings. The van der Waals surface area contributed by atoms with Crippen LogP contribution in [0.3, 0.4) is 0 Å². The number of hydrogen-bond donors (Lipinski definition) is 1. The van der Waals surface area contributed by atoms with Crippen LogP contribution >= 0.6 is 0 Å². The van der Waals surface area contributed by atoms with Crippen molar-refractivity contribution in [3.63, 3.8) is 0 Å². The molecule has 0 amide bonds. The number of morpholine rings is 1. The average molecular weight is 255 g/mol. The van der Waals surface area contributed by atoms with Crippen LogP contribution < -0.4 is 0 Å². The lowest BCUT2D eigenvalue weighted by Crippen LogP contribution is -2.56. The molecule has 0 aromatic heterocycles. The minimum Gasteiger partial charge on any atom is -0.481 e. The number of hydrogen-bond acceptors (Lipinski definition) is 3. The zero-order valence-electron chi connectivity index (χ0n) is 11.4. The van der Waals surface area contributed by atoms with Crippen molar-refractivity contribution in [2.45, 2.75) is 51.0 Å². The predicted octanol–water partition coefficient (Wildman–Crippen LogP) is 2.13. The Morgan fingerprint density at radius 3 is 2.44 bits per heavy atom. The number of rotatable bonds is 4. The van der Waals surface area contributed by atoms with Crippen molar-refractivity contribution in [2.24, 2.45) is 5.92 Å². The summed E-state index contributed by atoms with van der Waals surface area (Å²) in [6, 6.07) is 0. The van der Waals surface area contributed by atoms with E-state index in [-0.39, 0.29) is 5.54 Å². The summed E-state index contributed by atoms with van der Waals surface area (Å²) in [4.78, 5) is 13.6. The maximum atomic E-state index is 11.2. The smallest absolute Gasteiger partial charge is 0.305 e. The summed E-state index contributed by atoms with van der Waals surface area (Å²) < 4.78 is 5.39. The minimum atomic E-state index is -0.656. The SMILES string of the molecule is CCC1CCC(CC(=O)O)(N2CCOCC2)CC1. The number of carbonyl (C=O) groups is 1. The van der Waals surface area contributed by atoms with Gasteiger partial charge in [0, 0.05) is 18.6 Å². The Labute approximate surface area is 109 Å². The molecule has 1 heterocycles. The molecule has 104 valence electrons. The van der Waals surface area contributed by atoms with Crippen molar-refractivity contribution in [3.8, 4) is 0 Å². The second kappa shape index (κ2) is 6.02. The topological polar surface area (TPSA) is 49.8 Å². The van der Waals surface area contributed by atoms with E-state index in [1.807, 2.05) is 0 Å². The van der Waals surface area contributed by atoms with Gasteiger partial charge in [-0.25, -0.2) is 0 Å². The van der Waals surface area contributed by atoms with Gasteiger partial charge in [0.2, 0.25) is 0 Å². The molecule has 1 saturated heterocycles. The number of nitrogens with zero attached hydrogens (tertiary/aromatic N) is 1. The second-order valence-corrected chi connectivity index (χ2v) is 5.75. The normalized spacial score (nSPS) is 34.4. The van der Waals surface area contributed by atoms with E-state index in [1.54, 1.807) is 0 Å². The van der Waals surface area contributed by atoms with E-state index in [0.29, 0.717) is 6.42 Å². The molecule has 1 N–H and O–H groups in total. The Morgan fingerprint density at radius 1 is 1.33 bits per heavy atom. The van der Waals surface area contributed by atoms with Crippen molar-refractivity contribution in [1.82, 2.24) is 4.90 Å². The summed E-state index contributed by atoms with van der Waals surface area (Å²) in [6.07, 6.45) is 5.97. The Balaban J connectivity index is 2.05. The van der Waals surface area contributed by atoms with Crippen LogP contribution in [0, 0.1) is 5.92 Å². The maximum absolute atomic E-state index is 11.2. The van der Waals surface area contributed by atoms with Gasteiger partial charge in [0.25, 0.3) is 0 Å². The molecule has 4 nitrogen and oxygen atoms in total. The third-order valence-electron chi connectivity index (χ3n) is 4.78. The predicted molar refractivity (Wildman–Crippen MR) is 69.6 cm³/mol. The Morgan fingerprint density at radius 2 is 1.94 bits per heavy atom. The summed E-state index contributed by atoms with van der Waals surface area (Å²) in [7, 11) is 0. The molecule has 2 fully saturated rings. The number of aliphatic carboxylic acids is 1. The molecular formula is C14H25NO3. The quantitative estimate of drug-likeness (QED) is 0.836. The molecule has 4 heteroatoms. The molecule has 0 aromatic rings. The van der Waals surface area contributed by atoms with Crippen LogP contribution in [-0.2, 0) is 9.53 Å². The van der Waals surface area contributed by atoms with Crippen molar-refractivity contribution in [1.29, 1.82) is 0 Å². The Hall–Kier alpha value is -0.610. The van der Waals surface area contributed by atoms with Crippen LogP contribution in [-0.4, -0.2) is 47.8 Å². The maximum Gasteiger partial charge on any atom is 0.305 e. The molecule has 1 aliphatic heterocycles. The van der Waals surface area contributed by atoms with E-state index in [9.17, 15) is 9.90 Å². The van der Waals surface area contributed by atoms with Gasteiger partial charge in [-0.05, 0) is 31.6 Å². The average Bonchev–Trinajstić information content (AvgIpc) is 2.40. The first-order valence-electron chi connectivity index (χ1n) is 7.21. The summed E-state index contributed by atoms with van der Waals surface area (Å²) in [5.74, 6) is 0.143. The van der Waals surface area contributed by atoms with Gasteiger partial charge < -0.3 is 9.84 Å². The van der Waals surface area contributed by atoms with Crippen molar-refractivity contribution in [2.75, 3.05) is 26.3 Å². The van der Waals surface area contributed by atoms with Gasteiger partial charge in [-0.2, -0.15) is 0 Å². The molecule has 0 spiro atoms. The monoisotopic (exact) mass is 255 g/mol. The van der Waals surface area contributed by atoms with Crippen molar-refractivity contribution in [3.05, 3.63) is 0 Å². The highest BCUT2D eigenvalue weighted by atomic mass is 16.5.